The topological polar surface area (TPSA) is 532 Å². The third-order valence-corrected chi connectivity index (χ3v) is 17.7. The molecule has 0 bridgehead atoms. The Morgan fingerprint density at radius 2 is 0.878 bits per heavy atom. The second kappa shape index (κ2) is 42.9. The molecule has 13 amide bonds. The van der Waals surface area contributed by atoms with Crippen molar-refractivity contribution in [2.24, 2.45) is 69.2 Å². The zero-order valence-corrected chi connectivity index (χ0v) is 59.8. The average molecular weight is 1390 g/mol. The summed E-state index contributed by atoms with van der Waals surface area (Å²) in [6.45, 7) is 21.3. The van der Waals surface area contributed by atoms with Crippen LogP contribution in [0.1, 0.15) is 173 Å². The van der Waals surface area contributed by atoms with E-state index in [9.17, 15) is 72.5 Å². The maximum absolute atomic E-state index is 14.6. The average Bonchev–Trinajstić information content (AvgIpc) is 1.58. The minimum absolute atomic E-state index is 0.00139. The molecule has 2 aliphatic rings. The lowest BCUT2D eigenvalue weighted by Crippen LogP contribution is -2.62. The van der Waals surface area contributed by atoms with Crippen molar-refractivity contribution >= 4 is 82.8 Å². The number of carbonyl (C=O) groups is 13. The van der Waals surface area contributed by atoms with E-state index >= 15 is 0 Å². The van der Waals surface area contributed by atoms with Crippen LogP contribution in [0.3, 0.4) is 0 Å². The molecule has 2 fully saturated rings. The Labute approximate surface area is 576 Å². The second-order valence-electron chi connectivity index (χ2n) is 27.5. The van der Waals surface area contributed by atoms with Crippen molar-refractivity contribution in [1.29, 1.82) is 0 Å². The summed E-state index contributed by atoms with van der Waals surface area (Å²) in [5.41, 5.74) is 28.1. The smallest absolute Gasteiger partial charge is 0.246 e. The summed E-state index contributed by atoms with van der Waals surface area (Å²) in [5, 5.41) is 46.8. The van der Waals surface area contributed by atoms with Crippen molar-refractivity contribution in [2.45, 2.75) is 252 Å². The summed E-state index contributed by atoms with van der Waals surface area (Å²) in [6, 6.07) is -16.1. The molecule has 22 N–H and O–H groups in total. The highest BCUT2D eigenvalue weighted by Gasteiger charge is 2.44. The van der Waals surface area contributed by atoms with Gasteiger partial charge < -0.3 is 102 Å². The number of hydrogen-bond acceptors (Lipinski definition) is 18. The molecule has 0 aromatic carbocycles. The van der Waals surface area contributed by atoms with E-state index in [1.165, 1.54) is 16.7 Å². The number of nitrogens with two attached hydrogens (primary N) is 5. The van der Waals surface area contributed by atoms with E-state index in [1.54, 1.807) is 55.4 Å². The lowest BCUT2D eigenvalue weighted by Gasteiger charge is -2.34. The third kappa shape index (κ3) is 27.5. The summed E-state index contributed by atoms with van der Waals surface area (Å²) in [7, 11) is 0. The molecule has 2 rings (SSSR count). The first-order chi connectivity index (χ1) is 46.0. The van der Waals surface area contributed by atoms with E-state index in [2.05, 4.69) is 58.2 Å². The van der Waals surface area contributed by atoms with Gasteiger partial charge in [-0.3, -0.25) is 67.3 Å². The van der Waals surface area contributed by atoms with Gasteiger partial charge >= 0.3 is 0 Å². The first-order valence-electron chi connectivity index (χ1n) is 34.7. The van der Waals surface area contributed by atoms with Gasteiger partial charge in [-0.1, -0.05) is 102 Å². The van der Waals surface area contributed by atoms with E-state index in [0.29, 0.717) is 45.1 Å². The molecule has 0 aromatic heterocycles. The molecule has 558 valence electrons. The van der Waals surface area contributed by atoms with Crippen LogP contribution in [0.15, 0.2) is 4.99 Å². The van der Waals surface area contributed by atoms with Crippen LogP contribution in [-0.4, -0.2) is 221 Å². The monoisotopic (exact) mass is 1390 g/mol. The van der Waals surface area contributed by atoms with Crippen LogP contribution in [0.4, 0.5) is 0 Å². The van der Waals surface area contributed by atoms with Gasteiger partial charge in [0.1, 0.15) is 72.5 Å². The molecular formula is C65H118N18O15. The highest BCUT2D eigenvalue weighted by atomic mass is 16.3. The summed E-state index contributed by atoms with van der Waals surface area (Å²) in [4.78, 5) is 186. The Morgan fingerprint density at radius 3 is 1.36 bits per heavy atom. The van der Waals surface area contributed by atoms with E-state index < -0.39 is 192 Å². The quantitative estimate of drug-likeness (QED) is 0.0159. The Kier molecular flexibility index (Phi) is 37.8. The van der Waals surface area contributed by atoms with Crippen LogP contribution < -0.4 is 81.8 Å². The van der Waals surface area contributed by atoms with Gasteiger partial charge in [-0.05, 0) is 113 Å². The van der Waals surface area contributed by atoms with Crippen LogP contribution in [0, 0.1) is 35.5 Å². The molecule has 2 aliphatic heterocycles. The van der Waals surface area contributed by atoms with Crippen molar-refractivity contribution < 1.29 is 72.5 Å². The molecule has 15 atom stereocenters. The molecule has 2 heterocycles. The Hall–Kier alpha value is -7.78. The van der Waals surface area contributed by atoms with Gasteiger partial charge in [-0.25, -0.2) is 0 Å². The maximum Gasteiger partial charge on any atom is 0.246 e. The van der Waals surface area contributed by atoms with Gasteiger partial charge in [0.2, 0.25) is 76.8 Å². The SMILES string of the molecule is CC[C@H](C)[C@H](NC(=O)[C@H](CCCN=C(N)N)NC(=O)[C@H](CO)NC(=O)[C@@H](N)CCCCN)C(=O)N[C@H](C(=O)N1CCC[C@H]1C(=O)N[C@@H](C)C(=O)N[C@H](C(=O)N1CCC[C@H]1C(=O)N[C@H](C(=O)N[C@@H](CO)C(=O)N[C@@H](CC(C)C)C(=O)N[C@@H](CC(C)C)C(N)=O)C(C)C)[C@@H](C)CC)C(C)C. The lowest BCUT2D eigenvalue weighted by atomic mass is 9.95. The number of rotatable bonds is 43. The Balaban J connectivity index is 2.28. The molecule has 0 radical (unpaired) electrons. The van der Waals surface area contributed by atoms with Crippen molar-refractivity contribution in [2.75, 3.05) is 39.4 Å². The predicted molar refractivity (Wildman–Crippen MR) is 366 cm³/mol. The summed E-state index contributed by atoms with van der Waals surface area (Å²) in [6.07, 6.45) is 3.82. The number of aliphatic hydroxyl groups is 2. The van der Waals surface area contributed by atoms with Crippen LogP contribution in [-0.2, 0) is 62.3 Å². The summed E-state index contributed by atoms with van der Waals surface area (Å²) in [5.74, 6) is -12.3. The highest BCUT2D eigenvalue weighted by Crippen LogP contribution is 2.24. The number of guanidine groups is 1. The molecule has 0 saturated carbocycles. The van der Waals surface area contributed by atoms with Crippen LogP contribution >= 0.6 is 0 Å². The molecule has 98 heavy (non-hydrogen) atoms. The largest absolute Gasteiger partial charge is 0.394 e. The first-order valence-corrected chi connectivity index (χ1v) is 34.7. The van der Waals surface area contributed by atoms with Gasteiger partial charge in [0.25, 0.3) is 0 Å². The van der Waals surface area contributed by atoms with E-state index in [4.69, 9.17) is 28.7 Å². The van der Waals surface area contributed by atoms with Crippen molar-refractivity contribution in [1.82, 2.24) is 63.0 Å². The first kappa shape index (κ1) is 86.3. The molecule has 2 saturated heterocycles. The van der Waals surface area contributed by atoms with Gasteiger partial charge in [-0.2, -0.15) is 0 Å². The van der Waals surface area contributed by atoms with Crippen LogP contribution in [0.5, 0.6) is 0 Å². The molecule has 33 nitrogen and oxygen atoms in total. The molecule has 33 heteroatoms. The van der Waals surface area contributed by atoms with Gasteiger partial charge in [-0.15, -0.1) is 0 Å². The Morgan fingerprint density at radius 1 is 0.459 bits per heavy atom. The number of nitrogens with one attached hydrogen (secondary N) is 10. The van der Waals surface area contributed by atoms with Crippen molar-refractivity contribution in [3.05, 3.63) is 0 Å². The number of primary amides is 1. The van der Waals surface area contributed by atoms with Gasteiger partial charge in [0, 0.05) is 19.6 Å². The lowest BCUT2D eigenvalue weighted by molar-refractivity contribution is -0.144. The molecule has 0 unspecified atom stereocenters. The molecule has 0 aliphatic carbocycles. The van der Waals surface area contributed by atoms with E-state index in [0.717, 1.165) is 0 Å². The highest BCUT2D eigenvalue weighted by molar-refractivity contribution is 6.00. The number of nitrogens with zero attached hydrogens (tertiary/aromatic N) is 3. The molecule has 0 spiro atoms. The molecule has 0 aromatic rings. The van der Waals surface area contributed by atoms with Crippen LogP contribution in [0.2, 0.25) is 0 Å². The van der Waals surface area contributed by atoms with E-state index in [1.807, 2.05) is 27.7 Å². The van der Waals surface area contributed by atoms with Crippen molar-refractivity contribution in [3.8, 4) is 0 Å². The molecular weight excluding hydrogens is 1270 g/mol. The fourth-order valence-electron chi connectivity index (χ4n) is 11.4. The number of aliphatic imine (C=N–C) groups is 1. The van der Waals surface area contributed by atoms with Crippen molar-refractivity contribution in [3.63, 3.8) is 0 Å². The van der Waals surface area contributed by atoms with E-state index in [-0.39, 0.29) is 82.4 Å². The number of likely N-dealkylation sites (tertiary alicyclic amines) is 2. The van der Waals surface area contributed by atoms with Crippen LogP contribution in [0.25, 0.3) is 0 Å². The zero-order chi connectivity index (χ0) is 74.4. The number of unbranched alkanes of at least 4 members (excludes halogenated alkanes) is 1. The summed E-state index contributed by atoms with van der Waals surface area (Å²) < 4.78 is 0. The fourth-order valence-corrected chi connectivity index (χ4v) is 11.4. The fraction of sp³-hybridized carbons (Fsp3) is 0.785. The summed E-state index contributed by atoms with van der Waals surface area (Å²) >= 11 is 0. The minimum atomic E-state index is -1.58. The maximum atomic E-state index is 14.6. The Bertz CT molecular complexity index is 2710. The normalized spacial score (nSPS) is 18.6. The number of aliphatic hydroxyl groups excluding tert-OH is 2. The standard InChI is InChI=1S/C65H118N18O15/c1-14-37(11)50(80-55(89)41(22-18-26-71-65(69)70)73-57(91)44(31-84)76-54(88)40(67)21-16-17-25-66)62(96)79-49(36(9)10)63(97)82-27-19-23-46(82)59(93)72-39(13)53(87)81-51(38(12)15-2)64(98)83-28-20-24-47(83)60(94)78-48(35(7)8)61(95)77-45(32-85)58(92)75-43(30-34(5)6)56(90)74-42(52(68)86)29-33(3)4/h33-51,84-85H,14-32,66-67H2,1-13H3,(H2,68,86)(H,72,93)(H,73,91)(H,74,90)(H,75,92)(H,76,88)(H,77,95)(H,78,94)(H,79,96)(H,80,89)(H,81,87)(H4,69,70,71)/t37-,38-,39-,40-,41-,42-,43-,44-,45-,46-,47-,48-,49-,50-,51-/m0/s1. The van der Waals surface area contributed by atoms with Gasteiger partial charge in [0.15, 0.2) is 5.96 Å². The number of amides is 13. The minimum Gasteiger partial charge on any atom is -0.394 e. The number of carbonyl (C=O) groups excluding carboxylic acids is 13. The predicted octanol–water partition coefficient (Wildman–Crippen LogP) is -3.69. The third-order valence-electron chi connectivity index (χ3n) is 17.7. The zero-order valence-electron chi connectivity index (χ0n) is 59.8. The second-order valence-corrected chi connectivity index (χ2v) is 27.5. The number of hydrogen-bond donors (Lipinski definition) is 17. The van der Waals surface area contributed by atoms with Gasteiger partial charge in [0.05, 0.1) is 19.3 Å².